The number of benzene rings is 1. The van der Waals surface area contributed by atoms with Crippen molar-refractivity contribution in [2.45, 2.75) is 6.54 Å². The molecular weight excluding hydrogens is 336 g/mol. The molecule has 0 atom stereocenters. The molecule has 0 aliphatic heterocycles. The fourth-order valence-corrected chi connectivity index (χ4v) is 2.48. The summed E-state index contributed by atoms with van der Waals surface area (Å²) in [7, 11) is 0. The van der Waals surface area contributed by atoms with E-state index in [1.807, 2.05) is 24.4 Å². The molecule has 0 radical (unpaired) electrons. The predicted molar refractivity (Wildman–Crippen MR) is 78.4 cm³/mol. The number of nitrogens with zero attached hydrogens (tertiary/aromatic N) is 5. The number of nitrogens with one attached hydrogen (secondary N) is 1. The summed E-state index contributed by atoms with van der Waals surface area (Å²) < 4.78 is 8.00. The van der Waals surface area contributed by atoms with Gasteiger partial charge in [0.15, 0.2) is 5.82 Å². The standard InChI is InChI=1S/C13H9BrN6O/c14-8-4-16-20(6-8)7-12-17-13(21-19-12)9-2-1-3-11-10(9)5-15-18-11/h1-6H,7H2,(H,15,18). The number of halogens is 1. The lowest BCUT2D eigenvalue weighted by Gasteiger charge is -1.95. The van der Waals surface area contributed by atoms with Crippen molar-refractivity contribution in [1.29, 1.82) is 0 Å². The van der Waals surface area contributed by atoms with Crippen molar-refractivity contribution in [3.05, 3.63) is 47.1 Å². The predicted octanol–water partition coefficient (Wildman–Crippen LogP) is 2.62. The van der Waals surface area contributed by atoms with Crippen LogP contribution in [0.25, 0.3) is 22.4 Å². The van der Waals surface area contributed by atoms with Crippen molar-refractivity contribution in [3.63, 3.8) is 0 Å². The molecule has 0 amide bonds. The molecule has 104 valence electrons. The van der Waals surface area contributed by atoms with Crippen molar-refractivity contribution >= 4 is 26.8 Å². The topological polar surface area (TPSA) is 85.4 Å². The quantitative estimate of drug-likeness (QED) is 0.617. The van der Waals surface area contributed by atoms with Crippen LogP contribution in [-0.4, -0.2) is 30.1 Å². The molecule has 3 heterocycles. The van der Waals surface area contributed by atoms with E-state index in [4.69, 9.17) is 4.52 Å². The maximum absolute atomic E-state index is 5.35. The van der Waals surface area contributed by atoms with Crippen LogP contribution in [0.3, 0.4) is 0 Å². The average Bonchev–Trinajstić information content (AvgIpc) is 3.19. The molecule has 0 aliphatic carbocycles. The third-order valence-corrected chi connectivity index (χ3v) is 3.50. The highest BCUT2D eigenvalue weighted by molar-refractivity contribution is 9.10. The Morgan fingerprint density at radius 3 is 3.10 bits per heavy atom. The fraction of sp³-hybridized carbons (Fsp3) is 0.0769. The molecule has 4 aromatic rings. The molecule has 1 N–H and O–H groups in total. The summed E-state index contributed by atoms with van der Waals surface area (Å²) in [6.45, 7) is 0.455. The number of H-pyrrole nitrogens is 1. The Labute approximate surface area is 127 Å². The van der Waals surface area contributed by atoms with Crippen LogP contribution in [0.5, 0.6) is 0 Å². The Hall–Kier alpha value is -2.48. The lowest BCUT2D eigenvalue weighted by Crippen LogP contribution is -2.01. The molecule has 0 unspecified atom stereocenters. The Morgan fingerprint density at radius 2 is 2.24 bits per heavy atom. The zero-order chi connectivity index (χ0) is 14.2. The number of fused-ring (bicyclic) bond motifs is 1. The maximum atomic E-state index is 5.35. The first kappa shape index (κ1) is 12.3. The van der Waals surface area contributed by atoms with Crippen LogP contribution in [0.4, 0.5) is 0 Å². The molecule has 0 aliphatic rings. The lowest BCUT2D eigenvalue weighted by molar-refractivity contribution is 0.419. The fourth-order valence-electron chi connectivity index (χ4n) is 2.15. The first-order valence-corrected chi connectivity index (χ1v) is 7.02. The van der Waals surface area contributed by atoms with Gasteiger partial charge in [0, 0.05) is 11.6 Å². The van der Waals surface area contributed by atoms with E-state index >= 15 is 0 Å². The summed E-state index contributed by atoms with van der Waals surface area (Å²) in [5, 5.41) is 16.1. The highest BCUT2D eigenvalue weighted by Crippen LogP contribution is 2.26. The first-order chi connectivity index (χ1) is 10.3. The van der Waals surface area contributed by atoms with Crippen LogP contribution >= 0.6 is 15.9 Å². The summed E-state index contributed by atoms with van der Waals surface area (Å²) in [5.41, 5.74) is 1.80. The second kappa shape index (κ2) is 4.81. The third kappa shape index (κ3) is 2.23. The summed E-state index contributed by atoms with van der Waals surface area (Å²) in [5.74, 6) is 1.05. The van der Waals surface area contributed by atoms with Crippen molar-refractivity contribution < 1.29 is 4.52 Å². The molecule has 3 aromatic heterocycles. The Bertz CT molecular complexity index is 908. The van der Waals surface area contributed by atoms with Gasteiger partial charge < -0.3 is 4.52 Å². The average molecular weight is 345 g/mol. The SMILES string of the molecule is Brc1cnn(Cc2noc(-c3cccc4[nH]ncc34)n2)c1. The van der Waals surface area contributed by atoms with E-state index in [0.717, 1.165) is 20.9 Å². The number of rotatable bonds is 3. The minimum Gasteiger partial charge on any atom is -0.334 e. The van der Waals surface area contributed by atoms with Gasteiger partial charge in [-0.05, 0) is 28.1 Å². The Morgan fingerprint density at radius 1 is 1.29 bits per heavy atom. The van der Waals surface area contributed by atoms with E-state index in [0.29, 0.717) is 18.3 Å². The van der Waals surface area contributed by atoms with E-state index in [1.165, 1.54) is 0 Å². The van der Waals surface area contributed by atoms with Crippen molar-refractivity contribution in [2.75, 3.05) is 0 Å². The molecular formula is C13H9BrN6O. The second-order valence-corrected chi connectivity index (χ2v) is 5.42. The number of hydrogen-bond donors (Lipinski definition) is 1. The molecule has 0 fully saturated rings. The van der Waals surface area contributed by atoms with E-state index in [-0.39, 0.29) is 0 Å². The number of aromatic nitrogens is 6. The van der Waals surface area contributed by atoms with Gasteiger partial charge >= 0.3 is 0 Å². The molecule has 1 aromatic carbocycles. The van der Waals surface area contributed by atoms with Crippen LogP contribution in [-0.2, 0) is 6.54 Å². The second-order valence-electron chi connectivity index (χ2n) is 4.51. The van der Waals surface area contributed by atoms with Crippen molar-refractivity contribution in [3.8, 4) is 11.5 Å². The monoisotopic (exact) mass is 344 g/mol. The van der Waals surface area contributed by atoms with Gasteiger partial charge in [-0.1, -0.05) is 11.2 Å². The smallest absolute Gasteiger partial charge is 0.258 e. The van der Waals surface area contributed by atoms with Crippen LogP contribution in [0, 0.1) is 0 Å². The van der Waals surface area contributed by atoms with Gasteiger partial charge in [0.1, 0.15) is 6.54 Å². The molecule has 0 spiro atoms. The highest BCUT2D eigenvalue weighted by Gasteiger charge is 2.13. The van der Waals surface area contributed by atoms with Gasteiger partial charge in [0.05, 0.1) is 27.9 Å². The highest BCUT2D eigenvalue weighted by atomic mass is 79.9. The number of hydrogen-bond acceptors (Lipinski definition) is 5. The van der Waals surface area contributed by atoms with E-state index in [2.05, 4.69) is 41.4 Å². The van der Waals surface area contributed by atoms with Gasteiger partial charge in [-0.15, -0.1) is 0 Å². The minimum absolute atomic E-state index is 0.455. The Balaban J connectivity index is 1.69. The summed E-state index contributed by atoms with van der Waals surface area (Å²) in [6.07, 6.45) is 5.32. The van der Waals surface area contributed by atoms with Crippen LogP contribution in [0.1, 0.15) is 5.82 Å². The lowest BCUT2D eigenvalue weighted by atomic mass is 10.1. The van der Waals surface area contributed by atoms with Crippen LogP contribution in [0.2, 0.25) is 0 Å². The molecule has 4 rings (SSSR count). The maximum Gasteiger partial charge on any atom is 0.258 e. The van der Waals surface area contributed by atoms with Gasteiger partial charge in [-0.25, -0.2) is 0 Å². The molecule has 21 heavy (non-hydrogen) atoms. The molecule has 0 saturated heterocycles. The van der Waals surface area contributed by atoms with Crippen LogP contribution in [0.15, 0.2) is 45.8 Å². The normalized spacial score (nSPS) is 11.3. The molecule has 0 bridgehead atoms. The summed E-state index contributed by atoms with van der Waals surface area (Å²) in [4.78, 5) is 4.42. The van der Waals surface area contributed by atoms with Crippen molar-refractivity contribution in [1.82, 2.24) is 30.1 Å². The molecule has 8 heteroatoms. The van der Waals surface area contributed by atoms with Gasteiger partial charge in [0.2, 0.25) is 0 Å². The van der Waals surface area contributed by atoms with Gasteiger partial charge in [0.25, 0.3) is 5.89 Å². The number of aromatic amines is 1. The molecule has 0 saturated carbocycles. The van der Waals surface area contributed by atoms with Gasteiger partial charge in [-0.2, -0.15) is 15.2 Å². The van der Waals surface area contributed by atoms with Crippen LogP contribution < -0.4 is 0 Å². The van der Waals surface area contributed by atoms with E-state index < -0.39 is 0 Å². The summed E-state index contributed by atoms with van der Waals surface area (Å²) >= 11 is 3.35. The van der Waals surface area contributed by atoms with E-state index in [1.54, 1.807) is 17.1 Å². The molecule has 7 nitrogen and oxygen atoms in total. The minimum atomic E-state index is 0.455. The zero-order valence-corrected chi connectivity index (χ0v) is 12.3. The zero-order valence-electron chi connectivity index (χ0n) is 10.7. The third-order valence-electron chi connectivity index (χ3n) is 3.09. The Kier molecular flexibility index (Phi) is 2.81. The first-order valence-electron chi connectivity index (χ1n) is 6.22. The summed E-state index contributed by atoms with van der Waals surface area (Å²) in [6, 6.07) is 5.80. The largest absolute Gasteiger partial charge is 0.334 e. The van der Waals surface area contributed by atoms with Gasteiger partial charge in [-0.3, -0.25) is 9.78 Å². The van der Waals surface area contributed by atoms with E-state index in [9.17, 15) is 0 Å². The van der Waals surface area contributed by atoms with Crippen molar-refractivity contribution in [2.24, 2.45) is 0 Å².